The second-order valence-corrected chi connectivity index (χ2v) is 19.5. The van der Waals surface area contributed by atoms with Gasteiger partial charge in [0.25, 0.3) is 12.4 Å². The fourth-order valence-electron chi connectivity index (χ4n) is 9.47. The van der Waals surface area contributed by atoms with Gasteiger partial charge in [-0.25, -0.2) is 13.1 Å². The molecule has 1 aliphatic carbocycles. The van der Waals surface area contributed by atoms with Crippen LogP contribution in [0.25, 0.3) is 0 Å². The molecule has 1 saturated heterocycles. The molecule has 13 heteroatoms. The Morgan fingerprint density at radius 2 is 1.86 bits per heavy atom. The summed E-state index contributed by atoms with van der Waals surface area (Å²) in [6.45, 7) is 11.0. The predicted molar refractivity (Wildman–Crippen MR) is 221 cm³/mol. The van der Waals surface area contributed by atoms with Gasteiger partial charge in [-0.2, -0.15) is 0 Å². The van der Waals surface area contributed by atoms with E-state index in [4.69, 9.17) is 25.8 Å². The highest BCUT2D eigenvalue weighted by Gasteiger charge is 2.49. The SMILES string of the molecule is CCCc1cc(Cl)ccc1C1COc2ccc3cc2N(C1)CC1CCC1C(CN1CCC(CN(C)C)(OC=O)CC1)(OC)/C=C/CC(C)C(C)S(=O)(=O)NC3=O. The maximum atomic E-state index is 13.6. The van der Waals surface area contributed by atoms with Gasteiger partial charge < -0.3 is 24.0 Å². The molecule has 56 heavy (non-hydrogen) atoms. The molecule has 11 nitrogen and oxygen atoms in total. The Labute approximate surface area is 339 Å². The number of piperidine rings is 1. The molecule has 1 saturated carbocycles. The standard InChI is InChI=1S/C43H61ClN4O7S/c1-7-9-32-22-36(44)13-14-37(32)35-25-48-24-34-11-15-38(34)43(53-6,28-47-20-18-42(19-21-47,55-29-49)27-46(4)5)17-8-10-30(2)31(3)56(51,52)45-41(50)33-12-16-40(54-26-35)39(48)23-33/h8,12-14,16-17,22-23,29-31,34-35,38H,7,9-11,15,18-21,24-28H2,1-6H3,(H,45,50)/b17-8+. The predicted octanol–water partition coefficient (Wildman–Crippen LogP) is 6.30. The van der Waals surface area contributed by atoms with Crippen molar-refractivity contribution in [3.8, 4) is 5.75 Å². The molecule has 6 unspecified atom stereocenters. The van der Waals surface area contributed by atoms with Crippen molar-refractivity contribution in [3.63, 3.8) is 0 Å². The highest BCUT2D eigenvalue weighted by atomic mass is 35.5. The summed E-state index contributed by atoms with van der Waals surface area (Å²) in [6, 6.07) is 11.4. The van der Waals surface area contributed by atoms with Crippen LogP contribution in [0.4, 0.5) is 5.69 Å². The zero-order chi connectivity index (χ0) is 40.3. The van der Waals surface area contributed by atoms with Gasteiger partial charge in [-0.1, -0.05) is 50.1 Å². The second kappa shape index (κ2) is 17.8. The summed E-state index contributed by atoms with van der Waals surface area (Å²) in [5.41, 5.74) is 2.31. The molecular weight excluding hydrogens is 752 g/mol. The van der Waals surface area contributed by atoms with Crippen LogP contribution in [0.1, 0.15) is 86.7 Å². The molecule has 3 heterocycles. The molecule has 308 valence electrons. The zero-order valence-electron chi connectivity index (χ0n) is 34.0. The van der Waals surface area contributed by atoms with Crippen molar-refractivity contribution in [1.29, 1.82) is 0 Å². The molecule has 2 aromatic carbocycles. The van der Waals surface area contributed by atoms with Crippen molar-refractivity contribution in [1.82, 2.24) is 14.5 Å². The fourth-order valence-corrected chi connectivity index (χ4v) is 10.9. The summed E-state index contributed by atoms with van der Waals surface area (Å²) in [5, 5.41) is -0.107. The number of sulfonamides is 1. The number of nitrogens with one attached hydrogen (secondary N) is 1. The molecule has 1 amide bonds. The van der Waals surface area contributed by atoms with Crippen LogP contribution in [-0.2, 0) is 30.7 Å². The van der Waals surface area contributed by atoms with Crippen molar-refractivity contribution in [2.24, 2.45) is 17.8 Å². The summed E-state index contributed by atoms with van der Waals surface area (Å²) in [5.74, 6) is 0.231. The van der Waals surface area contributed by atoms with Crippen LogP contribution in [-0.4, -0.2) is 114 Å². The van der Waals surface area contributed by atoms with E-state index in [1.54, 1.807) is 32.2 Å². The monoisotopic (exact) mass is 812 g/mol. The number of halogens is 1. The van der Waals surface area contributed by atoms with Gasteiger partial charge in [0.05, 0.1) is 17.5 Å². The van der Waals surface area contributed by atoms with E-state index < -0.39 is 32.4 Å². The average Bonchev–Trinajstić information content (AvgIpc) is 3.32. The Morgan fingerprint density at radius 1 is 1.09 bits per heavy atom. The number of fused-ring (bicyclic) bond motifs is 2. The summed E-state index contributed by atoms with van der Waals surface area (Å²) < 4.78 is 48.6. The van der Waals surface area contributed by atoms with Gasteiger partial charge in [-0.15, -0.1) is 0 Å². The number of nitrogens with zero attached hydrogens (tertiary/aromatic N) is 3. The fraction of sp³-hybridized carbons (Fsp3) is 0.628. The number of aryl methyl sites for hydroxylation is 1. The van der Waals surface area contributed by atoms with E-state index in [0.717, 1.165) is 57.3 Å². The van der Waals surface area contributed by atoms with Gasteiger partial charge in [-0.05, 0) is 106 Å². The summed E-state index contributed by atoms with van der Waals surface area (Å²) >= 11 is 6.50. The van der Waals surface area contributed by atoms with Crippen LogP contribution in [0.5, 0.6) is 5.75 Å². The number of benzene rings is 2. The molecule has 6 rings (SSSR count). The van der Waals surface area contributed by atoms with Crippen LogP contribution in [0.2, 0.25) is 5.02 Å². The van der Waals surface area contributed by atoms with Crippen molar-refractivity contribution in [3.05, 3.63) is 70.3 Å². The summed E-state index contributed by atoms with van der Waals surface area (Å²) in [7, 11) is 1.81. The van der Waals surface area contributed by atoms with Crippen LogP contribution >= 0.6 is 11.6 Å². The molecule has 2 aromatic rings. The van der Waals surface area contributed by atoms with E-state index in [1.165, 1.54) is 11.1 Å². The Kier molecular flexibility index (Phi) is 13.5. The third-order valence-corrected chi connectivity index (χ3v) is 15.1. The largest absolute Gasteiger partial charge is 0.491 e. The lowest BCUT2D eigenvalue weighted by Crippen LogP contribution is -2.59. The molecule has 6 atom stereocenters. The summed E-state index contributed by atoms with van der Waals surface area (Å²) in [4.78, 5) is 32.1. The lowest BCUT2D eigenvalue weighted by atomic mass is 9.63. The first kappa shape index (κ1) is 42.4. The molecular formula is C43H61ClN4O7S. The Morgan fingerprint density at radius 3 is 2.52 bits per heavy atom. The third kappa shape index (κ3) is 9.25. The quantitative estimate of drug-likeness (QED) is 0.217. The first-order valence-electron chi connectivity index (χ1n) is 20.3. The number of hydrogen-bond donors (Lipinski definition) is 1. The lowest BCUT2D eigenvalue weighted by molar-refractivity contribution is -0.153. The molecule has 4 aliphatic rings. The highest BCUT2D eigenvalue weighted by molar-refractivity contribution is 7.90. The van der Waals surface area contributed by atoms with Crippen molar-refractivity contribution >= 4 is 39.7 Å². The lowest BCUT2D eigenvalue weighted by Gasteiger charge is -2.52. The number of amides is 1. The Balaban J connectivity index is 1.38. The first-order valence-corrected chi connectivity index (χ1v) is 22.2. The molecule has 0 spiro atoms. The number of anilines is 1. The minimum atomic E-state index is -3.99. The van der Waals surface area contributed by atoms with Crippen LogP contribution in [0.15, 0.2) is 48.6 Å². The number of hydrogen-bond acceptors (Lipinski definition) is 10. The number of rotatable bonds is 10. The van der Waals surface area contributed by atoms with Gasteiger partial charge in [0.2, 0.25) is 10.0 Å². The molecule has 3 aliphatic heterocycles. The van der Waals surface area contributed by atoms with Crippen LogP contribution in [0, 0.1) is 17.8 Å². The first-order chi connectivity index (χ1) is 26.7. The van der Waals surface area contributed by atoms with Gasteiger partial charge >= 0.3 is 0 Å². The van der Waals surface area contributed by atoms with E-state index in [2.05, 4.69) is 50.6 Å². The molecule has 0 aromatic heterocycles. The molecule has 1 N–H and O–H groups in total. The van der Waals surface area contributed by atoms with Crippen LogP contribution in [0.3, 0.4) is 0 Å². The Bertz CT molecular complexity index is 1850. The minimum Gasteiger partial charge on any atom is -0.491 e. The zero-order valence-corrected chi connectivity index (χ0v) is 35.5. The van der Waals surface area contributed by atoms with Crippen molar-refractivity contribution in [2.75, 3.05) is 72.0 Å². The number of carbonyl (C=O) groups is 2. The van der Waals surface area contributed by atoms with E-state index in [0.29, 0.717) is 56.5 Å². The third-order valence-electron chi connectivity index (χ3n) is 13.0. The number of likely N-dealkylation sites (tertiary alicyclic amines) is 1. The number of ether oxygens (including phenoxy) is 3. The normalized spacial score (nSPS) is 29.9. The molecule has 2 bridgehead atoms. The molecule has 2 fully saturated rings. The van der Waals surface area contributed by atoms with Gasteiger partial charge in [-0.3, -0.25) is 14.5 Å². The smallest absolute Gasteiger partial charge is 0.293 e. The second-order valence-electron chi connectivity index (χ2n) is 17.0. The maximum absolute atomic E-state index is 13.6. The van der Waals surface area contributed by atoms with Gasteiger partial charge in [0.15, 0.2) is 0 Å². The van der Waals surface area contributed by atoms with E-state index in [-0.39, 0.29) is 29.2 Å². The van der Waals surface area contributed by atoms with E-state index in [9.17, 15) is 18.0 Å². The topological polar surface area (TPSA) is 118 Å². The number of methoxy groups -OCH3 is 1. The minimum absolute atomic E-state index is 0.0294. The van der Waals surface area contributed by atoms with Crippen molar-refractivity contribution < 1.29 is 32.2 Å². The number of carbonyl (C=O) groups excluding carboxylic acids is 2. The average molecular weight is 814 g/mol. The summed E-state index contributed by atoms with van der Waals surface area (Å²) in [6.07, 6.45) is 10.1. The number of likely N-dealkylation sites (N-methyl/N-ethyl adjacent to an activating group) is 1. The Hall–Kier alpha value is -3.16. The van der Waals surface area contributed by atoms with E-state index in [1.807, 2.05) is 27.1 Å². The van der Waals surface area contributed by atoms with Crippen molar-refractivity contribution in [2.45, 2.75) is 88.1 Å². The highest BCUT2D eigenvalue weighted by Crippen LogP contribution is 2.48. The van der Waals surface area contributed by atoms with Gasteiger partial charge in [0.1, 0.15) is 17.0 Å². The van der Waals surface area contributed by atoms with Gasteiger partial charge in [0, 0.05) is 75.7 Å². The molecule has 0 radical (unpaired) electrons. The number of allylic oxidation sites excluding steroid dienone is 1. The van der Waals surface area contributed by atoms with Crippen LogP contribution < -0.4 is 14.4 Å². The van der Waals surface area contributed by atoms with E-state index >= 15 is 0 Å². The maximum Gasteiger partial charge on any atom is 0.293 e.